The van der Waals surface area contributed by atoms with Crippen molar-refractivity contribution in [1.29, 1.82) is 0 Å². The van der Waals surface area contributed by atoms with Crippen LogP contribution in [0.25, 0.3) is 0 Å². The van der Waals surface area contributed by atoms with Crippen LogP contribution in [0.2, 0.25) is 0 Å². The van der Waals surface area contributed by atoms with Crippen molar-refractivity contribution < 1.29 is 0 Å². The molecule has 78 heavy (non-hydrogen) atoms. The fraction of sp³-hybridized carbons (Fsp3) is 0.520. The molecule has 0 saturated heterocycles. The van der Waals surface area contributed by atoms with Gasteiger partial charge in [0.05, 0.1) is 0 Å². The molecule has 0 heterocycles. The first-order valence-corrected chi connectivity index (χ1v) is 30.8. The van der Waals surface area contributed by atoms with Gasteiger partial charge >= 0.3 is 0 Å². The standard InChI is InChI=1S/3C13H20.3C12H19N/c3*1-4-12(10-11(2)3)13-8-6-5-7-9-13;3*1-10(2)8-12(13)9-11-6-4-3-5-7-11/h3*5-9,11-12H,4,10H2,1-3H3;3*3-7,10,12H,8-9,13H2,1-2H3/t2*12-;;2*12-;/m10.10./s1. The van der Waals surface area contributed by atoms with Crippen molar-refractivity contribution in [3.63, 3.8) is 0 Å². The maximum absolute atomic E-state index is 6.01. The summed E-state index contributed by atoms with van der Waals surface area (Å²) >= 11 is 0. The third kappa shape index (κ3) is 37.1. The number of benzene rings is 6. The summed E-state index contributed by atoms with van der Waals surface area (Å²) in [6.07, 6.45) is 14.0. The van der Waals surface area contributed by atoms with E-state index in [1.807, 2.05) is 18.2 Å². The molecule has 6 rings (SSSR count). The molecule has 6 aromatic rings. The normalized spacial score (nSPS) is 13.2. The fourth-order valence-corrected chi connectivity index (χ4v) is 10.3. The molecule has 3 nitrogen and oxygen atoms in total. The number of nitrogens with two attached hydrogens (primary N) is 3. The van der Waals surface area contributed by atoms with Crippen LogP contribution < -0.4 is 17.2 Å². The van der Waals surface area contributed by atoms with E-state index in [1.54, 1.807) is 0 Å². The van der Waals surface area contributed by atoms with Gasteiger partial charge in [0.15, 0.2) is 0 Å². The van der Waals surface area contributed by atoms with Gasteiger partial charge in [-0.15, -0.1) is 0 Å². The maximum atomic E-state index is 6.01. The van der Waals surface area contributed by atoms with Gasteiger partial charge in [-0.3, -0.25) is 0 Å². The molecule has 0 fully saturated rings. The first-order chi connectivity index (χ1) is 37.3. The van der Waals surface area contributed by atoms with Gasteiger partial charge in [-0.05, 0) is 164 Å². The van der Waals surface area contributed by atoms with E-state index >= 15 is 0 Å². The third-order valence-corrected chi connectivity index (χ3v) is 13.9. The lowest BCUT2D eigenvalue weighted by Crippen LogP contribution is -2.24. The molecule has 432 valence electrons. The second kappa shape index (κ2) is 44.0. The Hall–Kier alpha value is -4.80. The average molecular weight is 1060 g/mol. The van der Waals surface area contributed by atoms with E-state index in [9.17, 15) is 0 Å². The highest BCUT2D eigenvalue weighted by atomic mass is 14.6. The van der Waals surface area contributed by atoms with Gasteiger partial charge in [0, 0.05) is 18.1 Å². The van der Waals surface area contributed by atoms with Crippen LogP contribution in [0.1, 0.15) is 213 Å². The van der Waals surface area contributed by atoms with Gasteiger partial charge in [0.1, 0.15) is 0 Å². The SMILES string of the molecule is CC(C)CC(N)Cc1ccccc1.CC(C)C[C@@H](N)Cc1ccccc1.CC(C)C[C@H](N)Cc1ccccc1.CCC(CC(C)C)c1ccccc1.CC[C@@H](CC(C)C)c1ccccc1.CC[C@H](CC(C)C)c1ccccc1. The average Bonchev–Trinajstić information content (AvgIpc) is 3.40. The van der Waals surface area contributed by atoms with E-state index in [0.29, 0.717) is 35.9 Å². The van der Waals surface area contributed by atoms with Crippen LogP contribution in [0.5, 0.6) is 0 Å². The first kappa shape index (κ1) is 71.2. The van der Waals surface area contributed by atoms with Crippen molar-refractivity contribution in [2.45, 2.75) is 217 Å². The lowest BCUT2D eigenvalue weighted by molar-refractivity contribution is 0.489. The first-order valence-electron chi connectivity index (χ1n) is 30.8. The minimum Gasteiger partial charge on any atom is -0.327 e. The van der Waals surface area contributed by atoms with E-state index in [2.05, 4.69) is 268 Å². The van der Waals surface area contributed by atoms with Crippen molar-refractivity contribution in [3.05, 3.63) is 215 Å². The van der Waals surface area contributed by atoms with Crippen molar-refractivity contribution in [2.75, 3.05) is 0 Å². The van der Waals surface area contributed by atoms with Crippen LogP contribution in [0.4, 0.5) is 0 Å². The zero-order chi connectivity index (χ0) is 58.1. The molecule has 6 atom stereocenters. The Labute approximate surface area is 482 Å². The predicted octanol–water partition coefficient (Wildman–Crippen LogP) is 20.5. The molecule has 0 saturated carbocycles. The Morgan fingerprint density at radius 2 is 0.410 bits per heavy atom. The lowest BCUT2D eigenvalue weighted by Gasteiger charge is -2.17. The molecule has 0 spiro atoms. The number of hydrogen-bond donors (Lipinski definition) is 3. The second-order valence-corrected chi connectivity index (χ2v) is 24.7. The highest BCUT2D eigenvalue weighted by molar-refractivity contribution is 5.22. The molecule has 0 radical (unpaired) electrons. The summed E-state index contributed by atoms with van der Waals surface area (Å²) < 4.78 is 0. The van der Waals surface area contributed by atoms with E-state index in [-0.39, 0.29) is 0 Å². The van der Waals surface area contributed by atoms with Crippen molar-refractivity contribution in [2.24, 2.45) is 52.7 Å². The van der Waals surface area contributed by atoms with Gasteiger partial charge in [-0.1, -0.05) is 286 Å². The van der Waals surface area contributed by atoms with Crippen LogP contribution in [0.15, 0.2) is 182 Å². The molecule has 0 aromatic heterocycles. The van der Waals surface area contributed by atoms with Crippen molar-refractivity contribution in [3.8, 4) is 0 Å². The van der Waals surface area contributed by atoms with Crippen LogP contribution in [0, 0.1) is 35.5 Å². The van der Waals surface area contributed by atoms with Crippen LogP contribution in [-0.4, -0.2) is 18.1 Å². The summed E-state index contributed by atoms with van der Waals surface area (Å²) in [7, 11) is 0. The molecule has 3 heteroatoms. The van der Waals surface area contributed by atoms with Gasteiger partial charge in [-0.2, -0.15) is 0 Å². The zero-order valence-corrected chi connectivity index (χ0v) is 52.5. The molecule has 6 aromatic carbocycles. The summed E-state index contributed by atoms with van der Waals surface area (Å²) in [6.45, 7) is 33.9. The summed E-state index contributed by atoms with van der Waals surface area (Å²) in [5.41, 5.74) is 26.5. The van der Waals surface area contributed by atoms with Crippen molar-refractivity contribution in [1.82, 2.24) is 0 Å². The molecule has 0 aliphatic heterocycles. The molecule has 0 aliphatic carbocycles. The zero-order valence-electron chi connectivity index (χ0n) is 52.5. The van der Waals surface area contributed by atoms with E-state index < -0.39 is 0 Å². The fourth-order valence-electron chi connectivity index (χ4n) is 10.3. The quantitative estimate of drug-likeness (QED) is 0.0565. The molecular formula is C75H117N3. The van der Waals surface area contributed by atoms with Crippen LogP contribution in [0.3, 0.4) is 0 Å². The minimum absolute atomic E-state index is 0.308. The van der Waals surface area contributed by atoms with Gasteiger partial charge in [0.2, 0.25) is 0 Å². The summed E-state index contributed by atoms with van der Waals surface area (Å²) in [6, 6.07) is 64.8. The van der Waals surface area contributed by atoms with Gasteiger partial charge in [-0.25, -0.2) is 0 Å². The number of hydrogen-bond acceptors (Lipinski definition) is 3. The van der Waals surface area contributed by atoms with E-state index in [1.165, 1.54) is 71.9 Å². The predicted molar refractivity (Wildman–Crippen MR) is 350 cm³/mol. The molecule has 0 bridgehead atoms. The van der Waals surface area contributed by atoms with E-state index in [0.717, 1.165) is 74.0 Å². The molecule has 0 amide bonds. The third-order valence-electron chi connectivity index (χ3n) is 13.9. The van der Waals surface area contributed by atoms with E-state index in [4.69, 9.17) is 17.2 Å². The lowest BCUT2D eigenvalue weighted by atomic mass is 9.88. The highest BCUT2D eigenvalue weighted by Gasteiger charge is 2.13. The molecule has 0 aliphatic rings. The molecule has 2 unspecified atom stereocenters. The van der Waals surface area contributed by atoms with Crippen LogP contribution in [-0.2, 0) is 19.3 Å². The monoisotopic (exact) mass is 1060 g/mol. The Balaban J connectivity index is 0.000000468. The Kier molecular flexibility index (Phi) is 40.2. The summed E-state index contributed by atoms with van der Waals surface area (Å²) in [5.74, 6) is 6.72. The Morgan fingerprint density at radius 3 is 0.564 bits per heavy atom. The smallest absolute Gasteiger partial charge is 0.00817 e. The van der Waals surface area contributed by atoms with Crippen LogP contribution >= 0.6 is 0 Å². The molecule has 6 N–H and O–H groups in total. The van der Waals surface area contributed by atoms with Gasteiger partial charge in [0.25, 0.3) is 0 Å². The minimum atomic E-state index is 0.308. The number of rotatable bonds is 24. The molecular weight excluding hydrogens is 943 g/mol. The van der Waals surface area contributed by atoms with Crippen molar-refractivity contribution >= 4 is 0 Å². The second-order valence-electron chi connectivity index (χ2n) is 24.7. The maximum Gasteiger partial charge on any atom is 0.00817 e. The van der Waals surface area contributed by atoms with Gasteiger partial charge < -0.3 is 17.2 Å². The largest absolute Gasteiger partial charge is 0.327 e. The Bertz CT molecular complexity index is 1930. The Morgan fingerprint density at radius 1 is 0.244 bits per heavy atom. The highest BCUT2D eigenvalue weighted by Crippen LogP contribution is 2.28. The summed E-state index contributed by atoms with van der Waals surface area (Å²) in [5, 5.41) is 0. The summed E-state index contributed by atoms with van der Waals surface area (Å²) in [4.78, 5) is 0. The topological polar surface area (TPSA) is 78.1 Å².